The van der Waals surface area contributed by atoms with E-state index in [2.05, 4.69) is 35.2 Å². The molecule has 2 aliphatic heterocycles. The van der Waals surface area contributed by atoms with Crippen LogP contribution in [0.25, 0.3) is 11.1 Å². The number of hydrogen-bond donors (Lipinski definition) is 0. The molecule has 184 valence electrons. The highest BCUT2D eigenvalue weighted by molar-refractivity contribution is 6.31. The van der Waals surface area contributed by atoms with E-state index in [9.17, 15) is 10.5 Å². The van der Waals surface area contributed by atoms with Crippen LogP contribution >= 0.6 is 11.6 Å². The number of amidine groups is 1. The first-order chi connectivity index (χ1) is 18.4. The van der Waals surface area contributed by atoms with Crippen LogP contribution in [0.1, 0.15) is 39.8 Å². The molecule has 4 nitrogen and oxygen atoms in total. The summed E-state index contributed by atoms with van der Waals surface area (Å²) in [4.78, 5) is 7.45. The van der Waals surface area contributed by atoms with Gasteiger partial charge >= 0.3 is 0 Å². The highest BCUT2D eigenvalue weighted by Gasteiger charge is 2.62. The van der Waals surface area contributed by atoms with Crippen LogP contribution in [0.5, 0.6) is 0 Å². The quantitative estimate of drug-likeness (QED) is 0.271. The monoisotopic (exact) mass is 512 g/mol. The molecule has 2 heterocycles. The van der Waals surface area contributed by atoms with E-state index in [4.69, 9.17) is 16.6 Å². The summed E-state index contributed by atoms with van der Waals surface area (Å²) in [5.74, 6) is 0.0520. The van der Waals surface area contributed by atoms with Gasteiger partial charge in [-0.1, -0.05) is 84.4 Å². The molecule has 0 saturated carbocycles. The summed E-state index contributed by atoms with van der Waals surface area (Å²) in [5, 5.41) is 22.4. The lowest BCUT2D eigenvalue weighted by atomic mass is 9.68. The van der Waals surface area contributed by atoms with Crippen molar-refractivity contribution in [1.29, 1.82) is 10.5 Å². The van der Waals surface area contributed by atoms with Crippen molar-refractivity contribution in [3.63, 3.8) is 0 Å². The molecule has 1 saturated heterocycles. The fourth-order valence-corrected chi connectivity index (χ4v) is 6.26. The Morgan fingerprint density at radius 1 is 0.789 bits per heavy atom. The molecule has 6 rings (SSSR count). The normalized spacial score (nSPS) is 19.7. The van der Waals surface area contributed by atoms with Crippen LogP contribution in [0.2, 0.25) is 5.02 Å². The Bertz CT molecular complexity index is 1690. The first-order valence-electron chi connectivity index (χ1n) is 12.6. The van der Waals surface area contributed by atoms with Gasteiger partial charge in [0.2, 0.25) is 0 Å². The van der Waals surface area contributed by atoms with Gasteiger partial charge in [-0.15, -0.1) is 0 Å². The number of rotatable bonds is 2. The fourth-order valence-electron chi connectivity index (χ4n) is 6.07. The van der Waals surface area contributed by atoms with Crippen LogP contribution in [0.3, 0.4) is 0 Å². The van der Waals surface area contributed by atoms with Gasteiger partial charge in [0.1, 0.15) is 5.84 Å². The van der Waals surface area contributed by atoms with E-state index in [-0.39, 0.29) is 0 Å². The molecule has 2 atom stereocenters. The van der Waals surface area contributed by atoms with E-state index < -0.39 is 17.4 Å². The molecule has 1 fully saturated rings. The molecule has 0 aliphatic carbocycles. The zero-order chi connectivity index (χ0) is 26.6. The van der Waals surface area contributed by atoms with Crippen molar-refractivity contribution >= 4 is 28.8 Å². The Hall–Kier alpha value is -4.38. The summed E-state index contributed by atoms with van der Waals surface area (Å²) < 4.78 is 0. The molecule has 38 heavy (non-hydrogen) atoms. The first kappa shape index (κ1) is 24.0. The number of para-hydroxylation sites is 2. The maximum atomic E-state index is 10.9. The molecule has 0 amide bonds. The molecule has 0 radical (unpaired) electrons. The molecule has 2 unspecified atom stereocenters. The van der Waals surface area contributed by atoms with Crippen LogP contribution < -0.4 is 4.90 Å². The minimum Gasteiger partial charge on any atom is -0.318 e. The molecule has 0 spiro atoms. The Morgan fingerprint density at radius 2 is 1.45 bits per heavy atom. The van der Waals surface area contributed by atoms with Crippen molar-refractivity contribution in [1.82, 2.24) is 0 Å². The number of aliphatic imine (C=N–C) groups is 1. The summed E-state index contributed by atoms with van der Waals surface area (Å²) in [6.45, 7) is 6.03. The smallest absolute Gasteiger partial charge is 0.182 e. The summed E-state index contributed by atoms with van der Waals surface area (Å²) in [7, 11) is 0. The minimum atomic E-state index is -1.45. The second-order valence-electron chi connectivity index (χ2n) is 10.1. The van der Waals surface area contributed by atoms with E-state index in [0.717, 1.165) is 50.3 Å². The largest absolute Gasteiger partial charge is 0.318 e. The van der Waals surface area contributed by atoms with Gasteiger partial charge in [0.25, 0.3) is 0 Å². The number of benzene rings is 4. The molecule has 0 bridgehead atoms. The summed E-state index contributed by atoms with van der Waals surface area (Å²) in [6, 6.07) is 32.6. The molecule has 0 aromatic heterocycles. The van der Waals surface area contributed by atoms with Gasteiger partial charge in [-0.2, -0.15) is 10.5 Å². The van der Waals surface area contributed by atoms with E-state index in [0.29, 0.717) is 10.9 Å². The Balaban J connectivity index is 1.75. The molecule has 4 aromatic carbocycles. The fraction of sp³-hybridized carbons (Fsp3) is 0.182. The number of aryl methyl sites for hydroxylation is 3. The van der Waals surface area contributed by atoms with Gasteiger partial charge in [-0.05, 0) is 66.3 Å². The van der Waals surface area contributed by atoms with Crippen LogP contribution in [0.4, 0.5) is 11.4 Å². The number of nitrogens with zero attached hydrogens (tertiary/aromatic N) is 4. The third-order valence-electron chi connectivity index (χ3n) is 7.92. The van der Waals surface area contributed by atoms with Crippen molar-refractivity contribution in [2.75, 3.05) is 4.90 Å². The number of anilines is 1. The summed E-state index contributed by atoms with van der Waals surface area (Å²) in [6.07, 6.45) is 0. The molecule has 0 N–H and O–H groups in total. The van der Waals surface area contributed by atoms with Gasteiger partial charge in [-0.25, -0.2) is 4.99 Å². The molecular weight excluding hydrogens is 488 g/mol. The number of nitriles is 2. The first-order valence-corrected chi connectivity index (χ1v) is 13.0. The van der Waals surface area contributed by atoms with E-state index in [1.165, 1.54) is 0 Å². The molecule has 4 aromatic rings. The maximum absolute atomic E-state index is 10.9. The van der Waals surface area contributed by atoms with E-state index >= 15 is 0 Å². The van der Waals surface area contributed by atoms with Crippen LogP contribution in [0, 0.1) is 48.8 Å². The highest BCUT2D eigenvalue weighted by atomic mass is 35.5. The molecule has 2 aliphatic rings. The van der Waals surface area contributed by atoms with Crippen molar-refractivity contribution in [2.45, 2.75) is 32.7 Å². The van der Waals surface area contributed by atoms with Crippen LogP contribution in [-0.2, 0) is 0 Å². The van der Waals surface area contributed by atoms with E-state index in [1.54, 1.807) is 0 Å². The Labute approximate surface area is 228 Å². The van der Waals surface area contributed by atoms with Crippen molar-refractivity contribution in [3.05, 3.63) is 118 Å². The predicted molar refractivity (Wildman–Crippen MR) is 153 cm³/mol. The Morgan fingerprint density at radius 3 is 2.13 bits per heavy atom. The average molecular weight is 513 g/mol. The van der Waals surface area contributed by atoms with Gasteiger partial charge < -0.3 is 4.90 Å². The predicted octanol–water partition coefficient (Wildman–Crippen LogP) is 8.35. The highest BCUT2D eigenvalue weighted by Crippen LogP contribution is 2.62. The second kappa shape index (κ2) is 8.88. The number of halogens is 1. The lowest BCUT2D eigenvalue weighted by Gasteiger charge is -2.37. The second-order valence-corrected chi connectivity index (χ2v) is 10.5. The summed E-state index contributed by atoms with van der Waals surface area (Å²) >= 11 is 6.63. The summed E-state index contributed by atoms with van der Waals surface area (Å²) in [5.41, 5.74) is 7.20. The van der Waals surface area contributed by atoms with Gasteiger partial charge in [0.05, 0.1) is 35.5 Å². The average Bonchev–Trinajstić information content (AvgIpc) is 3.23. The van der Waals surface area contributed by atoms with E-state index in [1.807, 2.05) is 87.5 Å². The van der Waals surface area contributed by atoms with Crippen molar-refractivity contribution < 1.29 is 0 Å². The topological polar surface area (TPSA) is 63.2 Å². The maximum Gasteiger partial charge on any atom is 0.182 e. The molecule has 5 heteroatoms. The zero-order valence-electron chi connectivity index (χ0n) is 21.4. The van der Waals surface area contributed by atoms with Gasteiger partial charge in [0.15, 0.2) is 5.41 Å². The number of hydrogen-bond acceptors (Lipinski definition) is 3. The lowest BCUT2D eigenvalue weighted by molar-refractivity contribution is 0.438. The number of fused-ring (bicyclic) bond motifs is 6. The molecular formula is C33H25ClN4. The Kier molecular flexibility index (Phi) is 5.60. The van der Waals surface area contributed by atoms with Crippen LogP contribution in [0.15, 0.2) is 89.9 Å². The minimum absolute atomic E-state index is 0.545. The standard InChI is InChI=1S/C33H25ClN4/c1-20-15-16-23(17-27(20)34)29-32(37-30-21(2)9-8-10-22(30)3)38-28-14-7-6-12-25(28)24-11-4-5-13-26(24)31(38)33(29,18-35)19-36/h4-17,29,31H,1-3H3. The SMILES string of the molecule is Cc1ccc(C2C(=Nc3c(C)cccc3C)N3c4ccccc4-c4ccccc4C3C2(C#N)C#N)cc1Cl. The van der Waals surface area contributed by atoms with Crippen molar-refractivity contribution in [2.24, 2.45) is 10.4 Å². The lowest BCUT2D eigenvalue weighted by Crippen LogP contribution is -2.35. The van der Waals surface area contributed by atoms with Crippen molar-refractivity contribution in [3.8, 4) is 23.3 Å². The van der Waals surface area contributed by atoms with Gasteiger partial charge in [0, 0.05) is 10.6 Å². The third kappa shape index (κ3) is 3.31. The zero-order valence-corrected chi connectivity index (χ0v) is 22.2. The van der Waals surface area contributed by atoms with Gasteiger partial charge in [-0.3, -0.25) is 0 Å². The third-order valence-corrected chi connectivity index (χ3v) is 8.33. The van der Waals surface area contributed by atoms with Crippen LogP contribution in [-0.4, -0.2) is 5.84 Å².